The Kier molecular flexibility index (Phi) is 3.10. The van der Waals surface area contributed by atoms with Crippen molar-refractivity contribution in [2.45, 2.75) is 19.9 Å². The van der Waals surface area contributed by atoms with Crippen molar-refractivity contribution in [1.82, 2.24) is 24.0 Å². The fourth-order valence-corrected chi connectivity index (χ4v) is 2.56. The molecule has 0 aliphatic heterocycles. The first-order valence-electron chi connectivity index (χ1n) is 6.36. The predicted octanol–water partition coefficient (Wildman–Crippen LogP) is 1.49. The van der Waals surface area contributed by atoms with Crippen LogP contribution in [-0.2, 0) is 20.0 Å². The van der Waals surface area contributed by atoms with Gasteiger partial charge in [-0.2, -0.15) is 5.10 Å². The lowest BCUT2D eigenvalue weighted by molar-refractivity contribution is 0.602. The van der Waals surface area contributed by atoms with Gasteiger partial charge < -0.3 is 0 Å². The maximum Gasteiger partial charge on any atom is 0.350 e. The highest BCUT2D eigenvalue weighted by Crippen LogP contribution is 2.21. The smallest absolute Gasteiger partial charge is 0.269 e. The Bertz CT molecular complexity index is 829. The number of rotatable bonds is 3. The van der Waals surface area contributed by atoms with Crippen LogP contribution >= 0.6 is 11.6 Å². The van der Waals surface area contributed by atoms with Crippen molar-refractivity contribution in [3.63, 3.8) is 0 Å². The first-order chi connectivity index (χ1) is 9.61. The van der Waals surface area contributed by atoms with Crippen LogP contribution in [0.15, 0.2) is 29.2 Å². The van der Waals surface area contributed by atoms with E-state index in [4.69, 9.17) is 11.6 Å². The molecule has 20 heavy (non-hydrogen) atoms. The monoisotopic (exact) mass is 291 g/mol. The largest absolute Gasteiger partial charge is 0.350 e. The lowest BCUT2D eigenvalue weighted by atomic mass is 10.3. The van der Waals surface area contributed by atoms with E-state index in [1.165, 1.54) is 9.08 Å². The number of aromatic nitrogens is 5. The molecule has 3 rings (SSSR count). The van der Waals surface area contributed by atoms with Crippen LogP contribution < -0.4 is 5.69 Å². The molecule has 3 aromatic heterocycles. The standard InChI is InChI=1S/C13H14ClN5O/c1-3-9-12(14)10(17(2)15-9)8-19-13(20)18-7-5-4-6-11(18)16-19/h4-7H,3,8H2,1-2H3. The summed E-state index contributed by atoms with van der Waals surface area (Å²) in [4.78, 5) is 12.2. The number of hydrogen-bond acceptors (Lipinski definition) is 3. The first kappa shape index (κ1) is 12.9. The van der Waals surface area contributed by atoms with Gasteiger partial charge in [0.05, 0.1) is 23.0 Å². The Labute approximate surface area is 120 Å². The zero-order chi connectivity index (χ0) is 14.3. The summed E-state index contributed by atoms with van der Waals surface area (Å²) in [7, 11) is 1.82. The lowest BCUT2D eigenvalue weighted by Gasteiger charge is -2.01. The van der Waals surface area contributed by atoms with Crippen LogP contribution in [0.5, 0.6) is 0 Å². The maximum absolute atomic E-state index is 12.2. The average Bonchev–Trinajstić information content (AvgIpc) is 2.91. The minimum atomic E-state index is -0.184. The van der Waals surface area contributed by atoms with Crippen LogP contribution in [0.25, 0.3) is 5.65 Å². The van der Waals surface area contributed by atoms with E-state index in [-0.39, 0.29) is 5.69 Å². The van der Waals surface area contributed by atoms with Crippen molar-refractivity contribution in [2.75, 3.05) is 0 Å². The summed E-state index contributed by atoms with van der Waals surface area (Å²) in [6, 6.07) is 5.44. The fraction of sp³-hybridized carbons (Fsp3) is 0.308. The molecule has 0 saturated carbocycles. The predicted molar refractivity (Wildman–Crippen MR) is 76.2 cm³/mol. The number of fused-ring (bicyclic) bond motifs is 1. The number of aryl methyl sites for hydroxylation is 2. The molecule has 0 bridgehead atoms. The van der Waals surface area contributed by atoms with Crippen LogP contribution in [0.2, 0.25) is 5.02 Å². The summed E-state index contributed by atoms with van der Waals surface area (Å²) in [6.45, 7) is 2.30. The second-order valence-corrected chi connectivity index (χ2v) is 4.93. The summed E-state index contributed by atoms with van der Waals surface area (Å²) in [5, 5.41) is 9.25. The molecule has 0 aliphatic carbocycles. The molecule has 0 amide bonds. The first-order valence-corrected chi connectivity index (χ1v) is 6.74. The van der Waals surface area contributed by atoms with Crippen LogP contribution in [0.4, 0.5) is 0 Å². The highest BCUT2D eigenvalue weighted by Gasteiger charge is 2.15. The van der Waals surface area contributed by atoms with Gasteiger partial charge >= 0.3 is 5.69 Å². The van der Waals surface area contributed by atoms with Crippen molar-refractivity contribution < 1.29 is 0 Å². The molecule has 0 spiro atoms. The van der Waals surface area contributed by atoms with Crippen molar-refractivity contribution >= 4 is 17.2 Å². The molecule has 104 valence electrons. The van der Waals surface area contributed by atoms with Crippen LogP contribution in [0.3, 0.4) is 0 Å². The zero-order valence-electron chi connectivity index (χ0n) is 11.2. The Hall–Kier alpha value is -2.08. The van der Waals surface area contributed by atoms with Gasteiger partial charge in [0.25, 0.3) is 0 Å². The molecule has 0 aromatic carbocycles. The Morgan fingerprint density at radius 2 is 2.10 bits per heavy atom. The van der Waals surface area contributed by atoms with E-state index >= 15 is 0 Å². The number of pyridine rings is 1. The fourth-order valence-electron chi connectivity index (χ4n) is 2.20. The molecule has 0 unspecified atom stereocenters. The number of nitrogens with zero attached hydrogens (tertiary/aromatic N) is 5. The second-order valence-electron chi connectivity index (χ2n) is 4.55. The van der Waals surface area contributed by atoms with Gasteiger partial charge in [0.1, 0.15) is 0 Å². The molecule has 0 fully saturated rings. The lowest BCUT2D eigenvalue weighted by Crippen LogP contribution is -2.22. The third kappa shape index (κ3) is 1.92. The topological polar surface area (TPSA) is 57.1 Å². The third-order valence-electron chi connectivity index (χ3n) is 3.29. The van der Waals surface area contributed by atoms with E-state index in [9.17, 15) is 4.79 Å². The molecule has 0 N–H and O–H groups in total. The highest BCUT2D eigenvalue weighted by atomic mass is 35.5. The molecule has 0 saturated heterocycles. The number of halogens is 1. The Morgan fingerprint density at radius 3 is 2.75 bits per heavy atom. The van der Waals surface area contributed by atoms with E-state index in [0.29, 0.717) is 17.2 Å². The molecule has 3 heterocycles. The maximum atomic E-state index is 12.2. The van der Waals surface area contributed by atoms with Crippen LogP contribution in [-0.4, -0.2) is 24.0 Å². The molecule has 0 atom stereocenters. The molecule has 7 heteroatoms. The molecular weight excluding hydrogens is 278 g/mol. The number of hydrogen-bond donors (Lipinski definition) is 0. The summed E-state index contributed by atoms with van der Waals surface area (Å²) in [5.41, 5.74) is 2.05. The SMILES string of the molecule is CCc1nn(C)c(Cn2nc3ccccn3c2=O)c1Cl. The quantitative estimate of drug-likeness (QED) is 0.735. The zero-order valence-corrected chi connectivity index (χ0v) is 12.0. The van der Waals surface area contributed by atoms with Crippen molar-refractivity contribution in [3.8, 4) is 0 Å². The average molecular weight is 292 g/mol. The molecular formula is C13H14ClN5O. The van der Waals surface area contributed by atoms with Crippen molar-refractivity contribution in [1.29, 1.82) is 0 Å². The van der Waals surface area contributed by atoms with E-state index in [1.54, 1.807) is 23.0 Å². The van der Waals surface area contributed by atoms with Gasteiger partial charge in [0.2, 0.25) is 0 Å². The van der Waals surface area contributed by atoms with Gasteiger partial charge in [-0.15, -0.1) is 5.10 Å². The second kappa shape index (κ2) is 4.79. The van der Waals surface area contributed by atoms with Crippen LogP contribution in [0.1, 0.15) is 18.3 Å². The Morgan fingerprint density at radius 1 is 1.30 bits per heavy atom. The molecule has 6 nitrogen and oxygen atoms in total. The third-order valence-corrected chi connectivity index (χ3v) is 3.73. The van der Waals surface area contributed by atoms with Gasteiger partial charge in [0.15, 0.2) is 5.65 Å². The Balaban J connectivity index is 2.08. The van der Waals surface area contributed by atoms with E-state index in [0.717, 1.165) is 17.8 Å². The summed E-state index contributed by atoms with van der Waals surface area (Å²) in [6.07, 6.45) is 2.45. The normalized spacial score (nSPS) is 11.3. The van der Waals surface area contributed by atoms with Crippen LogP contribution in [0, 0.1) is 0 Å². The van der Waals surface area contributed by atoms with E-state index in [2.05, 4.69) is 10.2 Å². The molecule has 0 aliphatic rings. The summed E-state index contributed by atoms with van der Waals surface area (Å²) >= 11 is 6.30. The van der Waals surface area contributed by atoms with Gasteiger partial charge in [-0.05, 0) is 18.6 Å². The summed E-state index contributed by atoms with van der Waals surface area (Å²) in [5.74, 6) is 0. The van der Waals surface area contributed by atoms with E-state index < -0.39 is 0 Å². The minimum absolute atomic E-state index is 0.184. The van der Waals surface area contributed by atoms with Crippen molar-refractivity contribution in [3.05, 3.63) is 51.3 Å². The van der Waals surface area contributed by atoms with Gasteiger partial charge in [-0.3, -0.25) is 9.08 Å². The minimum Gasteiger partial charge on any atom is -0.269 e. The highest BCUT2D eigenvalue weighted by molar-refractivity contribution is 6.31. The molecule has 3 aromatic rings. The van der Waals surface area contributed by atoms with E-state index in [1.807, 2.05) is 20.0 Å². The summed E-state index contributed by atoms with van der Waals surface area (Å²) < 4.78 is 4.61. The van der Waals surface area contributed by atoms with Gasteiger partial charge in [-0.25, -0.2) is 9.48 Å². The van der Waals surface area contributed by atoms with Crippen molar-refractivity contribution in [2.24, 2.45) is 7.05 Å². The molecule has 0 radical (unpaired) electrons. The van der Waals surface area contributed by atoms with Gasteiger partial charge in [0, 0.05) is 13.2 Å². The van der Waals surface area contributed by atoms with Gasteiger partial charge in [-0.1, -0.05) is 24.6 Å².